The highest BCUT2D eigenvalue weighted by atomic mass is 79.9. The number of nitrogens with zero attached hydrogens (tertiary/aromatic N) is 2. The number of thiazole rings is 1. The van der Waals surface area contributed by atoms with E-state index >= 15 is 0 Å². The summed E-state index contributed by atoms with van der Waals surface area (Å²) in [7, 11) is 1.55. The molecule has 4 rings (SSSR count). The molecular formula is C31H33BrN2O7S. The van der Waals surface area contributed by atoms with Gasteiger partial charge in [-0.3, -0.25) is 9.36 Å². The summed E-state index contributed by atoms with van der Waals surface area (Å²) in [5.74, 6) is 1.60. The van der Waals surface area contributed by atoms with Crippen LogP contribution in [0.1, 0.15) is 44.9 Å². The van der Waals surface area contributed by atoms with Gasteiger partial charge in [0.25, 0.3) is 5.56 Å². The summed E-state index contributed by atoms with van der Waals surface area (Å²) in [4.78, 5) is 32.4. The van der Waals surface area contributed by atoms with Gasteiger partial charge in [0.15, 0.2) is 27.8 Å². The minimum Gasteiger partial charge on any atom is -0.493 e. The topological polar surface area (TPSA) is 97.6 Å². The molecule has 0 radical (unpaired) electrons. The highest BCUT2D eigenvalue weighted by molar-refractivity contribution is 9.10. The van der Waals surface area contributed by atoms with Crippen LogP contribution in [0.2, 0.25) is 0 Å². The van der Waals surface area contributed by atoms with Crippen molar-refractivity contribution < 1.29 is 28.5 Å². The Morgan fingerprint density at radius 2 is 1.81 bits per heavy atom. The zero-order valence-corrected chi connectivity index (χ0v) is 26.6. The van der Waals surface area contributed by atoms with E-state index in [9.17, 15) is 9.59 Å². The predicted molar refractivity (Wildman–Crippen MR) is 166 cm³/mol. The lowest BCUT2D eigenvalue weighted by Crippen LogP contribution is -2.40. The first-order chi connectivity index (χ1) is 20.3. The molecule has 0 aliphatic carbocycles. The minimum atomic E-state index is -0.784. The first-order valence-corrected chi connectivity index (χ1v) is 15.1. The maximum Gasteiger partial charge on any atom is 0.338 e. The number of hydrogen-bond acceptors (Lipinski definition) is 9. The Morgan fingerprint density at radius 3 is 2.48 bits per heavy atom. The van der Waals surface area contributed by atoms with Crippen LogP contribution in [-0.4, -0.2) is 44.1 Å². The summed E-state index contributed by atoms with van der Waals surface area (Å²) >= 11 is 4.78. The van der Waals surface area contributed by atoms with Gasteiger partial charge >= 0.3 is 5.97 Å². The number of carbonyl (C=O) groups is 1. The molecule has 1 aliphatic heterocycles. The molecule has 3 aromatic rings. The molecular weight excluding hydrogens is 624 g/mol. The van der Waals surface area contributed by atoms with Crippen LogP contribution < -0.4 is 33.8 Å². The third-order valence-corrected chi connectivity index (χ3v) is 7.87. The normalized spacial score (nSPS) is 14.6. The van der Waals surface area contributed by atoms with Crippen molar-refractivity contribution in [3.05, 3.63) is 89.5 Å². The number of benzene rings is 2. The van der Waals surface area contributed by atoms with Crippen molar-refractivity contribution in [3.8, 4) is 23.0 Å². The molecule has 0 saturated carbocycles. The van der Waals surface area contributed by atoms with Gasteiger partial charge in [0.05, 0.1) is 53.2 Å². The third-order valence-electron chi connectivity index (χ3n) is 6.30. The third kappa shape index (κ3) is 6.32. The second kappa shape index (κ2) is 13.9. The molecule has 1 aliphatic rings. The number of rotatable bonds is 12. The van der Waals surface area contributed by atoms with Crippen LogP contribution in [0.15, 0.2) is 68.5 Å². The Hall–Kier alpha value is -3.83. The molecule has 42 heavy (non-hydrogen) atoms. The van der Waals surface area contributed by atoms with Crippen molar-refractivity contribution >= 4 is 39.3 Å². The zero-order chi connectivity index (χ0) is 30.4. The highest BCUT2D eigenvalue weighted by Crippen LogP contribution is 2.38. The van der Waals surface area contributed by atoms with Crippen LogP contribution in [0, 0.1) is 0 Å². The highest BCUT2D eigenvalue weighted by Gasteiger charge is 2.34. The molecule has 9 nitrogen and oxygen atoms in total. The lowest BCUT2D eigenvalue weighted by Gasteiger charge is -2.25. The zero-order valence-electron chi connectivity index (χ0n) is 24.2. The van der Waals surface area contributed by atoms with E-state index in [-0.39, 0.29) is 17.7 Å². The first-order valence-electron chi connectivity index (χ1n) is 13.5. The van der Waals surface area contributed by atoms with Gasteiger partial charge in [-0.05, 0) is 85.1 Å². The molecule has 1 atom stereocenters. The average Bonchev–Trinajstić information content (AvgIpc) is 3.26. The van der Waals surface area contributed by atoms with E-state index in [1.165, 1.54) is 15.9 Å². The Labute approximate surface area is 256 Å². The quantitative estimate of drug-likeness (QED) is 0.201. The van der Waals surface area contributed by atoms with Crippen molar-refractivity contribution in [1.82, 2.24) is 4.57 Å². The number of esters is 1. The summed E-state index contributed by atoms with van der Waals surface area (Å²) < 4.78 is 30.9. The number of halogens is 1. The molecule has 0 saturated heterocycles. The standard InChI is InChI=1S/C31H33BrN2O7S/c1-7-13-41-28-21(32)14-19(15-24(28)37-6)16-25-29(35)34-27(20-11-12-22(38-8-2)23(17-20)39-9-3)26(30(36)40-10-4)18(5)33-31(34)42-25/h7,11-12,14-17,27H,1,8-10,13H2,2-6H3/b25-16-/t27-/m0/s1. The van der Waals surface area contributed by atoms with Crippen LogP contribution in [0.3, 0.4) is 0 Å². The largest absolute Gasteiger partial charge is 0.493 e. The molecule has 0 spiro atoms. The lowest BCUT2D eigenvalue weighted by molar-refractivity contribution is -0.139. The van der Waals surface area contributed by atoms with Crippen LogP contribution in [0.5, 0.6) is 23.0 Å². The van der Waals surface area contributed by atoms with E-state index in [1.807, 2.05) is 26.0 Å². The second-order valence-electron chi connectivity index (χ2n) is 9.01. The number of allylic oxidation sites excluding steroid dienone is 1. The van der Waals surface area contributed by atoms with Crippen LogP contribution in [0.25, 0.3) is 6.08 Å². The fourth-order valence-electron chi connectivity index (χ4n) is 4.60. The Morgan fingerprint density at radius 1 is 1.07 bits per heavy atom. The second-order valence-corrected chi connectivity index (χ2v) is 10.9. The van der Waals surface area contributed by atoms with Gasteiger partial charge < -0.3 is 23.7 Å². The fraction of sp³-hybridized carbons (Fsp3) is 0.323. The van der Waals surface area contributed by atoms with Gasteiger partial charge in [-0.15, -0.1) is 0 Å². The van der Waals surface area contributed by atoms with E-state index in [2.05, 4.69) is 27.5 Å². The number of fused-ring (bicyclic) bond motifs is 1. The van der Waals surface area contributed by atoms with Crippen LogP contribution in [-0.2, 0) is 9.53 Å². The fourth-order valence-corrected chi connectivity index (χ4v) is 6.22. The van der Waals surface area contributed by atoms with Crippen molar-refractivity contribution in [2.45, 2.75) is 33.7 Å². The van der Waals surface area contributed by atoms with Crippen molar-refractivity contribution in [3.63, 3.8) is 0 Å². The SMILES string of the molecule is C=CCOc1c(Br)cc(/C=c2\sc3n(c2=O)[C@@H](c2ccc(OCC)c(OCC)c2)C(C(=O)OCC)=C(C)N=3)cc1OC. The molecule has 2 aromatic carbocycles. The van der Waals surface area contributed by atoms with Crippen LogP contribution in [0.4, 0.5) is 0 Å². The molecule has 222 valence electrons. The molecule has 0 N–H and O–H groups in total. The van der Waals surface area contributed by atoms with E-state index in [1.54, 1.807) is 51.3 Å². The van der Waals surface area contributed by atoms with Gasteiger partial charge in [-0.1, -0.05) is 30.1 Å². The molecule has 0 unspecified atom stereocenters. The summed E-state index contributed by atoms with van der Waals surface area (Å²) in [6.45, 7) is 12.3. The summed E-state index contributed by atoms with van der Waals surface area (Å²) in [5.41, 5.74) is 1.85. The van der Waals surface area contributed by atoms with Gasteiger partial charge in [-0.2, -0.15) is 0 Å². The lowest BCUT2D eigenvalue weighted by atomic mass is 9.95. The number of hydrogen-bond donors (Lipinski definition) is 0. The number of aromatic nitrogens is 1. The molecule has 0 amide bonds. The monoisotopic (exact) mass is 656 g/mol. The molecule has 1 aromatic heterocycles. The van der Waals surface area contributed by atoms with Gasteiger partial charge in [0, 0.05) is 0 Å². The maximum atomic E-state index is 14.0. The van der Waals surface area contributed by atoms with Gasteiger partial charge in [-0.25, -0.2) is 9.79 Å². The number of ether oxygens (including phenoxy) is 5. The van der Waals surface area contributed by atoms with E-state index in [4.69, 9.17) is 23.7 Å². The number of carbonyl (C=O) groups excluding carboxylic acids is 1. The van der Waals surface area contributed by atoms with Crippen molar-refractivity contribution in [2.24, 2.45) is 4.99 Å². The number of methoxy groups -OCH3 is 1. The summed E-state index contributed by atoms with van der Waals surface area (Å²) in [6, 6.07) is 8.27. The maximum absolute atomic E-state index is 14.0. The Kier molecular flexibility index (Phi) is 10.3. The van der Waals surface area contributed by atoms with E-state index < -0.39 is 12.0 Å². The van der Waals surface area contributed by atoms with Gasteiger partial charge in [0.1, 0.15) is 6.61 Å². The minimum absolute atomic E-state index is 0.184. The molecule has 2 heterocycles. The van der Waals surface area contributed by atoms with Crippen molar-refractivity contribution in [1.29, 1.82) is 0 Å². The van der Waals surface area contributed by atoms with E-state index in [0.29, 0.717) is 73.4 Å². The first kappa shape index (κ1) is 31.1. The van der Waals surface area contributed by atoms with E-state index in [0.717, 1.165) is 0 Å². The summed E-state index contributed by atoms with van der Waals surface area (Å²) in [5, 5.41) is 0. The van der Waals surface area contributed by atoms with Crippen molar-refractivity contribution in [2.75, 3.05) is 33.5 Å². The van der Waals surface area contributed by atoms with Crippen LogP contribution >= 0.6 is 27.3 Å². The summed E-state index contributed by atoms with van der Waals surface area (Å²) in [6.07, 6.45) is 3.41. The Balaban J connectivity index is 1.92. The smallest absolute Gasteiger partial charge is 0.338 e. The molecule has 11 heteroatoms. The molecule has 0 bridgehead atoms. The Bertz CT molecular complexity index is 1710. The average molecular weight is 658 g/mol. The predicted octanol–water partition coefficient (Wildman–Crippen LogP) is 4.93. The van der Waals surface area contributed by atoms with Gasteiger partial charge in [0.2, 0.25) is 0 Å². The molecule has 0 fully saturated rings.